The molecule has 4 amide bonds. The van der Waals surface area contributed by atoms with E-state index in [1.54, 1.807) is 29.2 Å². The van der Waals surface area contributed by atoms with Crippen LogP contribution in [-0.2, 0) is 4.79 Å². The van der Waals surface area contributed by atoms with Gasteiger partial charge in [0.05, 0.1) is 10.6 Å². The number of amides is 4. The Labute approximate surface area is 177 Å². The number of carbonyl (C=O) groups excluding carboxylic acids is 3. The van der Waals surface area contributed by atoms with Crippen molar-refractivity contribution in [2.75, 3.05) is 26.2 Å². The van der Waals surface area contributed by atoms with Crippen LogP contribution in [0.2, 0.25) is 5.02 Å². The molecule has 1 atom stereocenters. The van der Waals surface area contributed by atoms with Crippen molar-refractivity contribution in [2.45, 2.75) is 39.7 Å². The molecule has 0 radical (unpaired) electrons. The molecule has 1 saturated heterocycles. The van der Waals surface area contributed by atoms with E-state index in [4.69, 9.17) is 11.6 Å². The van der Waals surface area contributed by atoms with Gasteiger partial charge in [-0.05, 0) is 43.7 Å². The van der Waals surface area contributed by atoms with E-state index in [-0.39, 0.29) is 23.8 Å². The number of halogens is 1. The molecule has 1 aromatic rings. The molecule has 0 aromatic heterocycles. The first-order chi connectivity index (χ1) is 13.8. The van der Waals surface area contributed by atoms with E-state index >= 15 is 0 Å². The molecular formula is C21H31ClN4O3. The molecule has 1 aromatic carbocycles. The van der Waals surface area contributed by atoms with Crippen molar-refractivity contribution in [1.82, 2.24) is 20.9 Å². The van der Waals surface area contributed by atoms with Gasteiger partial charge in [-0.15, -0.1) is 0 Å². The second-order valence-corrected chi connectivity index (χ2v) is 8.14. The van der Waals surface area contributed by atoms with Crippen molar-refractivity contribution in [3.05, 3.63) is 34.9 Å². The Morgan fingerprint density at radius 3 is 2.38 bits per heavy atom. The molecule has 1 aliphatic rings. The first-order valence-corrected chi connectivity index (χ1v) is 10.6. The lowest BCUT2D eigenvalue weighted by molar-refractivity contribution is -0.124. The summed E-state index contributed by atoms with van der Waals surface area (Å²) in [7, 11) is 0. The third-order valence-corrected chi connectivity index (χ3v) is 5.33. The predicted octanol–water partition coefficient (Wildman–Crippen LogP) is 2.65. The quantitative estimate of drug-likeness (QED) is 0.630. The molecule has 160 valence electrons. The van der Waals surface area contributed by atoms with Gasteiger partial charge in [0.25, 0.3) is 5.91 Å². The standard InChI is InChI=1S/C21H31ClN4O3/c1-4-23-21(29)26-11-9-15(10-12-26)18(20(28)24-13-14(2)3)25-19(27)16-7-5-6-8-17(16)22/h5-8,14-15,18H,4,9-13H2,1-3H3,(H,23,29)(H,24,28)(H,25,27). The minimum Gasteiger partial charge on any atom is -0.354 e. The molecule has 1 heterocycles. The highest BCUT2D eigenvalue weighted by molar-refractivity contribution is 6.33. The highest BCUT2D eigenvalue weighted by Gasteiger charge is 2.34. The summed E-state index contributed by atoms with van der Waals surface area (Å²) in [6.07, 6.45) is 1.28. The van der Waals surface area contributed by atoms with Crippen LogP contribution in [0.3, 0.4) is 0 Å². The molecule has 0 aliphatic carbocycles. The Bertz CT molecular complexity index is 718. The smallest absolute Gasteiger partial charge is 0.317 e. The maximum atomic E-state index is 12.9. The highest BCUT2D eigenvalue weighted by Crippen LogP contribution is 2.22. The van der Waals surface area contributed by atoms with Gasteiger partial charge in [-0.1, -0.05) is 37.6 Å². The van der Waals surface area contributed by atoms with Gasteiger partial charge in [0.2, 0.25) is 5.91 Å². The van der Waals surface area contributed by atoms with Crippen LogP contribution in [-0.4, -0.2) is 55.0 Å². The van der Waals surface area contributed by atoms with E-state index in [0.717, 1.165) is 0 Å². The normalized spacial score (nSPS) is 15.7. The summed E-state index contributed by atoms with van der Waals surface area (Å²) in [4.78, 5) is 39.4. The van der Waals surface area contributed by atoms with Crippen molar-refractivity contribution >= 4 is 29.4 Å². The number of hydrogen-bond donors (Lipinski definition) is 3. The van der Waals surface area contributed by atoms with Crippen LogP contribution in [0, 0.1) is 11.8 Å². The number of likely N-dealkylation sites (tertiary alicyclic amines) is 1. The molecule has 3 N–H and O–H groups in total. The lowest BCUT2D eigenvalue weighted by Crippen LogP contribution is -2.55. The summed E-state index contributed by atoms with van der Waals surface area (Å²) in [5.74, 6) is -0.320. The second kappa shape index (κ2) is 11.0. The molecule has 1 unspecified atom stereocenters. The Kier molecular flexibility index (Phi) is 8.76. The highest BCUT2D eigenvalue weighted by atomic mass is 35.5. The number of hydrogen-bond acceptors (Lipinski definition) is 3. The zero-order chi connectivity index (χ0) is 21.4. The van der Waals surface area contributed by atoms with Crippen LogP contribution in [0.1, 0.15) is 44.0 Å². The number of benzene rings is 1. The van der Waals surface area contributed by atoms with Gasteiger partial charge < -0.3 is 20.9 Å². The molecule has 8 heteroatoms. The minimum atomic E-state index is -0.672. The average Bonchev–Trinajstić information content (AvgIpc) is 2.70. The van der Waals surface area contributed by atoms with E-state index in [1.165, 1.54) is 0 Å². The zero-order valence-electron chi connectivity index (χ0n) is 17.3. The molecule has 0 bridgehead atoms. The van der Waals surface area contributed by atoms with Gasteiger partial charge in [-0.3, -0.25) is 9.59 Å². The van der Waals surface area contributed by atoms with Gasteiger partial charge in [0.1, 0.15) is 6.04 Å². The fraction of sp³-hybridized carbons (Fsp3) is 0.571. The average molecular weight is 423 g/mol. The van der Waals surface area contributed by atoms with E-state index < -0.39 is 6.04 Å². The maximum Gasteiger partial charge on any atom is 0.317 e. The number of nitrogens with one attached hydrogen (secondary N) is 3. The molecule has 0 spiro atoms. The molecule has 1 fully saturated rings. The number of urea groups is 1. The lowest BCUT2D eigenvalue weighted by Gasteiger charge is -2.35. The lowest BCUT2D eigenvalue weighted by atomic mass is 9.88. The van der Waals surface area contributed by atoms with Crippen molar-refractivity contribution in [1.29, 1.82) is 0 Å². The van der Waals surface area contributed by atoms with Crippen molar-refractivity contribution in [3.8, 4) is 0 Å². The van der Waals surface area contributed by atoms with Crippen LogP contribution in [0.25, 0.3) is 0 Å². The van der Waals surface area contributed by atoms with Crippen LogP contribution in [0.4, 0.5) is 4.79 Å². The van der Waals surface area contributed by atoms with E-state index in [0.29, 0.717) is 55.5 Å². The van der Waals surface area contributed by atoms with Gasteiger partial charge in [0, 0.05) is 26.2 Å². The second-order valence-electron chi connectivity index (χ2n) is 7.73. The predicted molar refractivity (Wildman–Crippen MR) is 114 cm³/mol. The van der Waals surface area contributed by atoms with Crippen LogP contribution in [0.15, 0.2) is 24.3 Å². The topological polar surface area (TPSA) is 90.5 Å². The van der Waals surface area contributed by atoms with E-state index in [2.05, 4.69) is 16.0 Å². The Balaban J connectivity index is 2.09. The summed E-state index contributed by atoms with van der Waals surface area (Å²) >= 11 is 6.14. The zero-order valence-corrected chi connectivity index (χ0v) is 18.1. The molecule has 29 heavy (non-hydrogen) atoms. The summed E-state index contributed by atoms with van der Waals surface area (Å²) in [6.45, 7) is 8.12. The molecule has 7 nitrogen and oxygen atoms in total. The summed E-state index contributed by atoms with van der Waals surface area (Å²) in [5, 5.41) is 8.95. The van der Waals surface area contributed by atoms with E-state index in [1.807, 2.05) is 20.8 Å². The third-order valence-electron chi connectivity index (χ3n) is 5.00. The number of rotatable bonds is 7. The van der Waals surface area contributed by atoms with Gasteiger partial charge >= 0.3 is 6.03 Å². The largest absolute Gasteiger partial charge is 0.354 e. The maximum absolute atomic E-state index is 12.9. The fourth-order valence-corrected chi connectivity index (χ4v) is 3.60. The Hall–Kier alpha value is -2.28. The fourth-order valence-electron chi connectivity index (χ4n) is 3.38. The summed E-state index contributed by atoms with van der Waals surface area (Å²) in [5.41, 5.74) is 0.343. The van der Waals surface area contributed by atoms with Crippen molar-refractivity contribution in [2.24, 2.45) is 11.8 Å². The molecule has 1 aliphatic heterocycles. The third kappa shape index (κ3) is 6.63. The number of piperidine rings is 1. The first kappa shape index (κ1) is 23.0. The monoisotopic (exact) mass is 422 g/mol. The SMILES string of the molecule is CCNC(=O)N1CCC(C(NC(=O)c2ccccc2Cl)C(=O)NCC(C)C)CC1. The van der Waals surface area contributed by atoms with Crippen molar-refractivity contribution < 1.29 is 14.4 Å². The van der Waals surface area contributed by atoms with Crippen LogP contribution >= 0.6 is 11.6 Å². The van der Waals surface area contributed by atoms with Gasteiger partial charge in [0.15, 0.2) is 0 Å². The van der Waals surface area contributed by atoms with Crippen LogP contribution in [0.5, 0.6) is 0 Å². The first-order valence-electron chi connectivity index (χ1n) is 10.2. The summed E-state index contributed by atoms with van der Waals surface area (Å²) < 4.78 is 0. The minimum absolute atomic E-state index is 0.0562. The number of nitrogens with zero attached hydrogens (tertiary/aromatic N) is 1. The van der Waals surface area contributed by atoms with Crippen molar-refractivity contribution in [3.63, 3.8) is 0 Å². The van der Waals surface area contributed by atoms with Gasteiger partial charge in [-0.2, -0.15) is 0 Å². The summed E-state index contributed by atoms with van der Waals surface area (Å²) in [6, 6.07) is 6.01. The molecular weight excluding hydrogens is 392 g/mol. The number of carbonyl (C=O) groups is 3. The van der Waals surface area contributed by atoms with Gasteiger partial charge in [-0.25, -0.2) is 4.79 Å². The van der Waals surface area contributed by atoms with E-state index in [9.17, 15) is 14.4 Å². The Morgan fingerprint density at radius 2 is 1.79 bits per heavy atom. The molecule has 0 saturated carbocycles. The Morgan fingerprint density at radius 1 is 1.14 bits per heavy atom. The molecule has 2 rings (SSSR count). The van der Waals surface area contributed by atoms with Crippen LogP contribution < -0.4 is 16.0 Å².